The van der Waals surface area contributed by atoms with Gasteiger partial charge in [0.1, 0.15) is 11.5 Å². The van der Waals surface area contributed by atoms with Gasteiger partial charge in [0, 0.05) is 13.0 Å². The molecule has 0 saturated heterocycles. The number of nitrogens with two attached hydrogens (primary N) is 1. The number of aryl methyl sites for hydroxylation is 1. The Kier molecular flexibility index (Phi) is 1.21. The molecule has 1 amide bonds. The van der Waals surface area contributed by atoms with E-state index in [0.717, 1.165) is 25.2 Å². The monoisotopic (exact) mass is 151 g/mol. The van der Waals surface area contributed by atoms with E-state index < -0.39 is 0 Å². The van der Waals surface area contributed by atoms with Gasteiger partial charge in [-0.05, 0) is 6.42 Å². The van der Waals surface area contributed by atoms with Crippen molar-refractivity contribution in [2.75, 3.05) is 0 Å². The van der Waals surface area contributed by atoms with Crippen LogP contribution in [0.2, 0.25) is 0 Å². The van der Waals surface area contributed by atoms with Crippen LogP contribution in [0.3, 0.4) is 0 Å². The fourth-order valence-electron chi connectivity index (χ4n) is 1.46. The molecule has 1 aromatic heterocycles. The van der Waals surface area contributed by atoms with Crippen molar-refractivity contribution in [3.63, 3.8) is 0 Å². The quantitative estimate of drug-likeness (QED) is 0.610. The van der Waals surface area contributed by atoms with Crippen molar-refractivity contribution < 1.29 is 4.79 Å². The van der Waals surface area contributed by atoms with Gasteiger partial charge in [-0.2, -0.15) is 0 Å². The first-order valence-corrected chi connectivity index (χ1v) is 3.63. The van der Waals surface area contributed by atoms with E-state index in [9.17, 15) is 4.79 Å². The fourth-order valence-corrected chi connectivity index (χ4v) is 1.46. The van der Waals surface area contributed by atoms with Gasteiger partial charge in [0.15, 0.2) is 0 Å². The van der Waals surface area contributed by atoms with E-state index in [1.807, 2.05) is 4.57 Å². The van der Waals surface area contributed by atoms with Crippen LogP contribution in [-0.4, -0.2) is 15.5 Å². The Hall–Kier alpha value is -1.32. The molecule has 11 heavy (non-hydrogen) atoms. The highest BCUT2D eigenvalue weighted by atomic mass is 16.1. The summed E-state index contributed by atoms with van der Waals surface area (Å²) in [6, 6.07) is 0. The van der Waals surface area contributed by atoms with Crippen molar-refractivity contribution in [2.45, 2.75) is 19.4 Å². The number of carbonyl (C=O) groups is 1. The number of imidazole rings is 1. The molecular weight excluding hydrogens is 142 g/mol. The molecule has 2 heterocycles. The lowest BCUT2D eigenvalue weighted by molar-refractivity contribution is 0.0991. The number of amides is 1. The number of rotatable bonds is 1. The van der Waals surface area contributed by atoms with Crippen LogP contribution < -0.4 is 5.73 Å². The van der Waals surface area contributed by atoms with Crippen LogP contribution in [0, 0.1) is 0 Å². The highest BCUT2D eigenvalue weighted by molar-refractivity contribution is 5.91. The minimum atomic E-state index is -0.384. The largest absolute Gasteiger partial charge is 0.364 e. The van der Waals surface area contributed by atoms with Gasteiger partial charge in [0.05, 0.1) is 6.20 Å². The van der Waals surface area contributed by atoms with Gasteiger partial charge in [0.25, 0.3) is 5.91 Å². The summed E-state index contributed by atoms with van der Waals surface area (Å²) in [7, 11) is 0. The highest BCUT2D eigenvalue weighted by Crippen LogP contribution is 2.15. The van der Waals surface area contributed by atoms with Crippen LogP contribution in [0.5, 0.6) is 0 Å². The summed E-state index contributed by atoms with van der Waals surface area (Å²) < 4.78 is 1.89. The summed E-state index contributed by atoms with van der Waals surface area (Å²) >= 11 is 0. The van der Waals surface area contributed by atoms with Crippen LogP contribution in [0.1, 0.15) is 22.7 Å². The molecule has 0 bridgehead atoms. The van der Waals surface area contributed by atoms with Gasteiger partial charge in [-0.25, -0.2) is 4.98 Å². The summed E-state index contributed by atoms with van der Waals surface area (Å²) in [6.45, 7) is 0.883. The molecule has 4 nitrogen and oxygen atoms in total. The number of hydrogen-bond acceptors (Lipinski definition) is 2. The van der Waals surface area contributed by atoms with Crippen molar-refractivity contribution in [2.24, 2.45) is 5.73 Å². The zero-order valence-corrected chi connectivity index (χ0v) is 6.08. The Morgan fingerprint density at radius 3 is 3.27 bits per heavy atom. The third-order valence-electron chi connectivity index (χ3n) is 1.97. The molecule has 0 aromatic carbocycles. The second kappa shape index (κ2) is 2.08. The second-order valence-electron chi connectivity index (χ2n) is 2.68. The molecule has 0 radical (unpaired) electrons. The molecule has 0 spiro atoms. The number of carbonyl (C=O) groups excluding carboxylic acids is 1. The molecule has 0 unspecified atom stereocenters. The third-order valence-corrected chi connectivity index (χ3v) is 1.97. The second-order valence-corrected chi connectivity index (χ2v) is 2.68. The third kappa shape index (κ3) is 0.824. The van der Waals surface area contributed by atoms with E-state index in [4.69, 9.17) is 5.73 Å². The van der Waals surface area contributed by atoms with Crippen molar-refractivity contribution in [1.29, 1.82) is 0 Å². The van der Waals surface area contributed by atoms with Crippen molar-refractivity contribution in [3.05, 3.63) is 17.7 Å². The normalized spacial score (nSPS) is 14.9. The van der Waals surface area contributed by atoms with Crippen molar-refractivity contribution in [3.8, 4) is 0 Å². The molecule has 0 aliphatic carbocycles. The summed E-state index contributed by atoms with van der Waals surface area (Å²) in [6.07, 6.45) is 3.59. The molecule has 0 fully saturated rings. The van der Waals surface area contributed by atoms with Gasteiger partial charge in [-0.15, -0.1) is 0 Å². The van der Waals surface area contributed by atoms with Crippen LogP contribution in [-0.2, 0) is 13.0 Å². The molecule has 2 N–H and O–H groups in total. The van der Waals surface area contributed by atoms with Crippen LogP contribution >= 0.6 is 0 Å². The predicted octanol–water partition coefficient (Wildman–Crippen LogP) is -0.0718. The maximum Gasteiger partial charge on any atom is 0.266 e. The summed E-state index contributed by atoms with van der Waals surface area (Å²) in [5.41, 5.74) is 5.67. The van der Waals surface area contributed by atoms with Crippen molar-refractivity contribution >= 4 is 5.91 Å². The zero-order valence-electron chi connectivity index (χ0n) is 6.08. The van der Waals surface area contributed by atoms with Gasteiger partial charge in [-0.1, -0.05) is 0 Å². The van der Waals surface area contributed by atoms with E-state index in [1.165, 1.54) is 0 Å². The van der Waals surface area contributed by atoms with Gasteiger partial charge in [0.2, 0.25) is 0 Å². The smallest absolute Gasteiger partial charge is 0.266 e. The molecule has 58 valence electrons. The first-order valence-electron chi connectivity index (χ1n) is 3.63. The Labute approximate surface area is 64.0 Å². The Morgan fingerprint density at radius 2 is 2.55 bits per heavy atom. The van der Waals surface area contributed by atoms with Gasteiger partial charge < -0.3 is 10.3 Å². The fraction of sp³-hybridized carbons (Fsp3) is 0.429. The summed E-state index contributed by atoms with van der Waals surface area (Å²) in [4.78, 5) is 14.9. The lowest BCUT2D eigenvalue weighted by Gasteiger charge is -1.98. The van der Waals surface area contributed by atoms with Gasteiger partial charge >= 0.3 is 0 Å². The Bertz CT molecular complexity index is 303. The van der Waals surface area contributed by atoms with E-state index in [1.54, 1.807) is 6.20 Å². The standard InChI is InChI=1S/C7H9N3O/c8-7(11)5-4-9-6-2-1-3-10(5)6/h4H,1-3H2,(H2,8,11). The lowest BCUT2D eigenvalue weighted by Crippen LogP contribution is -2.15. The topological polar surface area (TPSA) is 60.9 Å². The SMILES string of the molecule is NC(=O)c1cnc2n1CCC2. The number of primary amides is 1. The average molecular weight is 151 g/mol. The summed E-state index contributed by atoms with van der Waals surface area (Å²) in [5.74, 6) is 0.601. The number of nitrogens with zero attached hydrogens (tertiary/aromatic N) is 2. The Morgan fingerprint density at radius 1 is 1.73 bits per heavy atom. The lowest BCUT2D eigenvalue weighted by atomic mass is 10.4. The van der Waals surface area contributed by atoms with Crippen LogP contribution in [0.15, 0.2) is 6.20 Å². The molecule has 1 aromatic rings. The number of hydrogen-bond donors (Lipinski definition) is 1. The van der Waals surface area contributed by atoms with Gasteiger partial charge in [-0.3, -0.25) is 4.79 Å². The first-order chi connectivity index (χ1) is 5.29. The Balaban J connectivity index is 2.50. The maximum absolute atomic E-state index is 10.8. The molecule has 2 rings (SSSR count). The van der Waals surface area contributed by atoms with Crippen molar-refractivity contribution in [1.82, 2.24) is 9.55 Å². The molecular formula is C7H9N3O. The predicted molar refractivity (Wildman–Crippen MR) is 39.1 cm³/mol. The minimum absolute atomic E-state index is 0.384. The average Bonchev–Trinajstić information content (AvgIpc) is 2.41. The zero-order chi connectivity index (χ0) is 7.84. The molecule has 0 saturated carbocycles. The maximum atomic E-state index is 10.8. The first kappa shape index (κ1) is 6.39. The highest BCUT2D eigenvalue weighted by Gasteiger charge is 2.17. The van der Waals surface area contributed by atoms with E-state index >= 15 is 0 Å². The number of fused-ring (bicyclic) bond motifs is 1. The van der Waals surface area contributed by atoms with E-state index in [0.29, 0.717) is 5.69 Å². The van der Waals surface area contributed by atoms with E-state index in [2.05, 4.69) is 4.98 Å². The molecule has 1 aliphatic heterocycles. The minimum Gasteiger partial charge on any atom is -0.364 e. The van der Waals surface area contributed by atoms with E-state index in [-0.39, 0.29) is 5.91 Å². The molecule has 0 atom stereocenters. The van der Waals surface area contributed by atoms with Crippen LogP contribution in [0.4, 0.5) is 0 Å². The van der Waals surface area contributed by atoms with Crippen LogP contribution in [0.25, 0.3) is 0 Å². The summed E-state index contributed by atoms with van der Waals surface area (Å²) in [5, 5.41) is 0. The number of aromatic nitrogens is 2. The molecule has 4 heteroatoms. The molecule has 1 aliphatic rings.